The average Bonchev–Trinajstić information content (AvgIpc) is 3.34. The molecule has 0 aromatic carbocycles. The highest BCUT2D eigenvalue weighted by molar-refractivity contribution is 14.0. The molecule has 148 valence electrons. The maximum Gasteiger partial charge on any atom is 0.191 e. The number of hydrogen-bond acceptors (Lipinski definition) is 4. The molecule has 1 aliphatic carbocycles. The first-order chi connectivity index (χ1) is 11.2. The maximum atomic E-state index is 11.4. The molecular weight excluding hydrogens is 451 g/mol. The standard InChI is InChI=1S/C17H34N4O2S.HI/c1-17(2,9-12-24(4,22)23)13-19-16(18-3)20-14-7-10-21(11-8-14)15-5-6-15;/h14-15H,5-13H2,1-4H3,(H2,18,19,20);1H. The Bertz CT molecular complexity index is 539. The van der Waals surface area contributed by atoms with Crippen molar-refractivity contribution in [2.45, 2.75) is 58.0 Å². The number of sulfone groups is 1. The van der Waals surface area contributed by atoms with E-state index in [-0.39, 0.29) is 35.1 Å². The van der Waals surface area contributed by atoms with Crippen LogP contribution in [0.3, 0.4) is 0 Å². The van der Waals surface area contributed by atoms with Gasteiger partial charge in [0.2, 0.25) is 0 Å². The van der Waals surface area contributed by atoms with E-state index in [4.69, 9.17) is 0 Å². The summed E-state index contributed by atoms with van der Waals surface area (Å²) in [5, 5.41) is 6.89. The van der Waals surface area contributed by atoms with Crippen molar-refractivity contribution in [2.75, 3.05) is 38.7 Å². The molecule has 25 heavy (non-hydrogen) atoms. The Morgan fingerprint density at radius 3 is 2.28 bits per heavy atom. The summed E-state index contributed by atoms with van der Waals surface area (Å²) in [4.78, 5) is 6.94. The van der Waals surface area contributed by atoms with E-state index in [1.165, 1.54) is 32.2 Å². The van der Waals surface area contributed by atoms with E-state index in [9.17, 15) is 8.42 Å². The minimum absolute atomic E-state index is 0. The van der Waals surface area contributed by atoms with Gasteiger partial charge in [-0.25, -0.2) is 8.42 Å². The largest absolute Gasteiger partial charge is 0.356 e. The van der Waals surface area contributed by atoms with Crippen molar-refractivity contribution in [2.24, 2.45) is 10.4 Å². The van der Waals surface area contributed by atoms with Gasteiger partial charge in [-0.05, 0) is 37.5 Å². The molecule has 0 atom stereocenters. The van der Waals surface area contributed by atoms with Gasteiger partial charge >= 0.3 is 0 Å². The third-order valence-corrected chi connectivity index (χ3v) is 5.99. The Kier molecular flexibility index (Phi) is 8.93. The van der Waals surface area contributed by atoms with Gasteiger partial charge in [-0.1, -0.05) is 13.8 Å². The van der Waals surface area contributed by atoms with E-state index in [1.54, 1.807) is 7.05 Å². The molecule has 1 saturated carbocycles. The molecule has 8 heteroatoms. The van der Waals surface area contributed by atoms with Crippen molar-refractivity contribution in [3.05, 3.63) is 0 Å². The summed E-state index contributed by atoms with van der Waals surface area (Å²) in [6.45, 7) is 7.25. The van der Waals surface area contributed by atoms with Crippen LogP contribution in [0.25, 0.3) is 0 Å². The fourth-order valence-corrected chi connectivity index (χ4v) is 4.03. The van der Waals surface area contributed by atoms with Crippen LogP contribution in [-0.4, -0.2) is 70.1 Å². The van der Waals surface area contributed by atoms with Gasteiger partial charge < -0.3 is 15.5 Å². The Labute approximate surface area is 170 Å². The number of nitrogens with one attached hydrogen (secondary N) is 2. The number of rotatable bonds is 7. The predicted octanol–water partition coefficient (Wildman–Crippen LogP) is 1.86. The molecule has 1 heterocycles. The first-order valence-corrected chi connectivity index (χ1v) is 11.1. The van der Waals surface area contributed by atoms with Gasteiger partial charge in [0.15, 0.2) is 5.96 Å². The zero-order valence-electron chi connectivity index (χ0n) is 16.0. The van der Waals surface area contributed by atoms with Crippen LogP contribution in [0.1, 0.15) is 46.0 Å². The van der Waals surface area contributed by atoms with Crippen LogP contribution >= 0.6 is 24.0 Å². The van der Waals surface area contributed by atoms with Gasteiger partial charge in [-0.3, -0.25) is 4.99 Å². The second-order valence-corrected chi connectivity index (χ2v) is 10.4. The van der Waals surface area contributed by atoms with Gasteiger partial charge in [0.1, 0.15) is 9.84 Å². The second-order valence-electron chi connectivity index (χ2n) is 8.16. The number of likely N-dealkylation sites (tertiary alicyclic amines) is 1. The van der Waals surface area contributed by atoms with Crippen LogP contribution in [0.2, 0.25) is 0 Å². The van der Waals surface area contributed by atoms with Gasteiger partial charge in [-0.2, -0.15) is 0 Å². The van der Waals surface area contributed by atoms with Crippen LogP contribution in [0.5, 0.6) is 0 Å². The average molecular weight is 486 g/mol. The fraction of sp³-hybridized carbons (Fsp3) is 0.941. The number of nitrogens with zero attached hydrogens (tertiary/aromatic N) is 2. The molecular formula is C17H35IN4O2S. The Morgan fingerprint density at radius 1 is 1.20 bits per heavy atom. The summed E-state index contributed by atoms with van der Waals surface area (Å²) in [5.74, 6) is 1.06. The van der Waals surface area contributed by atoms with Gasteiger partial charge in [0.25, 0.3) is 0 Å². The third kappa shape index (κ3) is 8.90. The number of hydrogen-bond donors (Lipinski definition) is 2. The zero-order chi connectivity index (χ0) is 17.8. The Hall–Kier alpha value is -0.0900. The highest BCUT2D eigenvalue weighted by Crippen LogP contribution is 2.29. The Morgan fingerprint density at radius 2 is 1.80 bits per heavy atom. The summed E-state index contributed by atoms with van der Waals surface area (Å²) < 4.78 is 22.7. The lowest BCUT2D eigenvalue weighted by Crippen LogP contribution is -2.50. The molecule has 2 rings (SSSR count). The van der Waals surface area contributed by atoms with Gasteiger partial charge in [0, 0.05) is 45.0 Å². The van der Waals surface area contributed by atoms with E-state index in [1.807, 2.05) is 0 Å². The van der Waals surface area contributed by atoms with Crippen molar-refractivity contribution in [1.29, 1.82) is 0 Å². The molecule has 0 aromatic heterocycles. The summed E-state index contributed by atoms with van der Waals surface area (Å²) in [6.07, 6.45) is 7.03. The van der Waals surface area contributed by atoms with Crippen molar-refractivity contribution >= 4 is 39.8 Å². The second kappa shape index (κ2) is 9.73. The van der Waals surface area contributed by atoms with Crippen molar-refractivity contribution in [3.63, 3.8) is 0 Å². The zero-order valence-corrected chi connectivity index (χ0v) is 19.2. The lowest BCUT2D eigenvalue weighted by Gasteiger charge is -2.33. The highest BCUT2D eigenvalue weighted by Gasteiger charge is 2.32. The molecule has 6 nitrogen and oxygen atoms in total. The number of halogens is 1. The van der Waals surface area contributed by atoms with Crippen molar-refractivity contribution in [3.8, 4) is 0 Å². The van der Waals surface area contributed by atoms with E-state index in [2.05, 4.69) is 34.4 Å². The molecule has 2 aliphatic rings. The minimum atomic E-state index is -2.91. The maximum absolute atomic E-state index is 11.4. The fourth-order valence-electron chi connectivity index (χ4n) is 3.11. The molecule has 1 saturated heterocycles. The summed E-state index contributed by atoms with van der Waals surface area (Å²) in [7, 11) is -1.12. The van der Waals surface area contributed by atoms with Crippen LogP contribution < -0.4 is 10.6 Å². The first-order valence-electron chi connectivity index (χ1n) is 9.07. The highest BCUT2D eigenvalue weighted by atomic mass is 127. The van der Waals surface area contributed by atoms with Gasteiger partial charge in [0.05, 0.1) is 5.75 Å². The summed E-state index contributed by atoms with van der Waals surface area (Å²) in [5.41, 5.74) is -0.0873. The van der Waals surface area contributed by atoms with E-state index in [0.29, 0.717) is 19.0 Å². The molecule has 0 aromatic rings. The van der Waals surface area contributed by atoms with Crippen LogP contribution in [-0.2, 0) is 9.84 Å². The smallest absolute Gasteiger partial charge is 0.191 e. The SMILES string of the molecule is CN=C(NCC(C)(C)CCS(C)(=O)=O)NC1CCN(C2CC2)CC1.I. The molecule has 0 spiro atoms. The molecule has 2 fully saturated rings. The minimum Gasteiger partial charge on any atom is -0.356 e. The molecule has 0 radical (unpaired) electrons. The molecule has 0 bridgehead atoms. The van der Waals surface area contributed by atoms with Crippen LogP contribution in [0.4, 0.5) is 0 Å². The van der Waals surface area contributed by atoms with E-state index >= 15 is 0 Å². The monoisotopic (exact) mass is 486 g/mol. The normalized spacial score (nSPS) is 20.9. The lowest BCUT2D eigenvalue weighted by atomic mass is 9.90. The molecule has 0 unspecified atom stereocenters. The molecule has 1 aliphatic heterocycles. The first kappa shape index (κ1) is 23.0. The lowest BCUT2D eigenvalue weighted by molar-refractivity contribution is 0.197. The quantitative estimate of drug-likeness (QED) is 0.327. The molecule has 0 amide bonds. The van der Waals surface area contributed by atoms with Crippen LogP contribution in [0.15, 0.2) is 4.99 Å². The topological polar surface area (TPSA) is 73.8 Å². The van der Waals surface area contributed by atoms with Gasteiger partial charge in [-0.15, -0.1) is 24.0 Å². The number of guanidine groups is 1. The summed E-state index contributed by atoms with van der Waals surface area (Å²) >= 11 is 0. The van der Waals surface area contributed by atoms with Crippen molar-refractivity contribution in [1.82, 2.24) is 15.5 Å². The number of aliphatic imine (C=N–C) groups is 1. The van der Waals surface area contributed by atoms with Crippen LogP contribution in [0, 0.1) is 5.41 Å². The van der Waals surface area contributed by atoms with E-state index < -0.39 is 9.84 Å². The number of piperidine rings is 1. The molecule has 2 N–H and O–H groups in total. The predicted molar refractivity (Wildman–Crippen MR) is 116 cm³/mol. The Balaban J connectivity index is 0.00000312. The third-order valence-electron chi connectivity index (χ3n) is 5.04. The summed E-state index contributed by atoms with van der Waals surface area (Å²) in [6, 6.07) is 1.34. The van der Waals surface area contributed by atoms with E-state index in [0.717, 1.165) is 24.8 Å². The van der Waals surface area contributed by atoms with Crippen molar-refractivity contribution < 1.29 is 8.42 Å².